The lowest BCUT2D eigenvalue weighted by Crippen LogP contribution is -2.37. The van der Waals surface area contributed by atoms with Crippen molar-refractivity contribution in [2.75, 3.05) is 0 Å². The van der Waals surface area contributed by atoms with Crippen LogP contribution in [0.5, 0.6) is 0 Å². The zero-order chi connectivity index (χ0) is 13.7. The van der Waals surface area contributed by atoms with Crippen LogP contribution in [-0.4, -0.2) is 33.1 Å². The molecule has 2 saturated carbocycles. The van der Waals surface area contributed by atoms with Crippen molar-refractivity contribution in [2.24, 2.45) is 29.6 Å². The van der Waals surface area contributed by atoms with E-state index in [4.69, 9.17) is 0 Å². The van der Waals surface area contributed by atoms with Crippen LogP contribution in [0.15, 0.2) is 0 Å². The summed E-state index contributed by atoms with van der Waals surface area (Å²) in [4.78, 5) is 0. The molecule has 3 heteroatoms. The molecule has 2 aliphatic rings. The molecule has 0 radical (unpaired) electrons. The van der Waals surface area contributed by atoms with Gasteiger partial charge >= 0.3 is 0 Å². The van der Waals surface area contributed by atoms with E-state index >= 15 is 0 Å². The molecule has 106 valence electrons. The summed E-state index contributed by atoms with van der Waals surface area (Å²) in [6.07, 6.45) is 1.22. The Morgan fingerprint density at radius 1 is 1.11 bits per heavy atom. The average molecular weight is 256 g/mol. The quantitative estimate of drug-likeness (QED) is 0.670. The van der Waals surface area contributed by atoms with E-state index in [2.05, 4.69) is 20.8 Å². The Morgan fingerprint density at radius 2 is 1.72 bits per heavy atom. The third-order valence-corrected chi connectivity index (χ3v) is 5.81. The second-order valence-corrected chi connectivity index (χ2v) is 7.06. The number of rotatable bonds is 1. The van der Waals surface area contributed by atoms with Gasteiger partial charge in [0.2, 0.25) is 0 Å². The Bertz CT molecular complexity index is 304. The van der Waals surface area contributed by atoms with Crippen LogP contribution in [-0.2, 0) is 0 Å². The number of aliphatic hydroxyl groups excluding tert-OH is 2. The van der Waals surface area contributed by atoms with Crippen LogP contribution in [0.25, 0.3) is 0 Å². The zero-order valence-corrected chi connectivity index (χ0v) is 12.0. The predicted molar refractivity (Wildman–Crippen MR) is 71.0 cm³/mol. The maximum Gasteiger partial charge on any atom is 0.0835 e. The molecule has 0 aromatic carbocycles. The van der Waals surface area contributed by atoms with Gasteiger partial charge in [-0.25, -0.2) is 0 Å². The highest BCUT2D eigenvalue weighted by atomic mass is 16.3. The van der Waals surface area contributed by atoms with E-state index in [1.807, 2.05) is 6.92 Å². The van der Waals surface area contributed by atoms with E-state index in [9.17, 15) is 15.3 Å². The predicted octanol–water partition coefficient (Wildman–Crippen LogP) is 1.80. The topological polar surface area (TPSA) is 60.7 Å². The second kappa shape index (κ2) is 4.77. The molecule has 0 bridgehead atoms. The summed E-state index contributed by atoms with van der Waals surface area (Å²) < 4.78 is 0. The number of aliphatic hydroxyl groups is 3. The van der Waals surface area contributed by atoms with Gasteiger partial charge < -0.3 is 15.3 Å². The van der Waals surface area contributed by atoms with Crippen molar-refractivity contribution < 1.29 is 15.3 Å². The molecule has 2 rings (SSSR count). The summed E-state index contributed by atoms with van der Waals surface area (Å²) in [6, 6.07) is 0. The molecule has 0 aromatic rings. The fraction of sp³-hybridized carbons (Fsp3) is 1.00. The van der Waals surface area contributed by atoms with Crippen molar-refractivity contribution in [3.05, 3.63) is 0 Å². The molecule has 3 nitrogen and oxygen atoms in total. The van der Waals surface area contributed by atoms with Crippen LogP contribution < -0.4 is 0 Å². The molecule has 0 heterocycles. The van der Waals surface area contributed by atoms with Crippen molar-refractivity contribution >= 4 is 0 Å². The van der Waals surface area contributed by atoms with Crippen molar-refractivity contribution in [2.45, 2.75) is 64.8 Å². The summed E-state index contributed by atoms with van der Waals surface area (Å²) in [7, 11) is 0. The van der Waals surface area contributed by atoms with Gasteiger partial charge in [-0.1, -0.05) is 27.7 Å². The third kappa shape index (κ3) is 2.10. The Labute approximate surface area is 110 Å². The van der Waals surface area contributed by atoms with Crippen LogP contribution in [0.4, 0.5) is 0 Å². The minimum Gasteiger partial charge on any atom is -0.390 e. The van der Waals surface area contributed by atoms with Crippen LogP contribution in [0.2, 0.25) is 0 Å². The van der Waals surface area contributed by atoms with Gasteiger partial charge in [-0.3, -0.25) is 0 Å². The van der Waals surface area contributed by atoms with Gasteiger partial charge in [0.15, 0.2) is 0 Å². The van der Waals surface area contributed by atoms with E-state index in [-0.39, 0.29) is 23.7 Å². The van der Waals surface area contributed by atoms with E-state index in [0.29, 0.717) is 5.92 Å². The Balaban J connectivity index is 2.29. The SMILES string of the molecule is CC(C)[C@@]1(O)CC[C@@H](C)[C@@H]2[C@@H](O)[C@H](O)[C@H](C)[C@@H]2C1. The first-order valence-electron chi connectivity index (χ1n) is 7.36. The molecule has 0 unspecified atom stereocenters. The lowest BCUT2D eigenvalue weighted by molar-refractivity contribution is -0.0377. The first-order valence-corrected chi connectivity index (χ1v) is 7.36. The first kappa shape index (κ1) is 14.3. The molecule has 0 aromatic heterocycles. The highest BCUT2D eigenvalue weighted by Crippen LogP contribution is 2.51. The van der Waals surface area contributed by atoms with Crippen molar-refractivity contribution in [1.29, 1.82) is 0 Å². The minimum atomic E-state index is -0.633. The van der Waals surface area contributed by atoms with Crippen molar-refractivity contribution in [3.8, 4) is 0 Å². The molecule has 0 saturated heterocycles. The van der Waals surface area contributed by atoms with Crippen LogP contribution in [0, 0.1) is 29.6 Å². The van der Waals surface area contributed by atoms with E-state index in [1.165, 1.54) is 0 Å². The summed E-state index contributed by atoms with van der Waals surface area (Å²) in [5.74, 6) is 1.06. The standard InChI is InChI=1S/C15H28O3/c1-8(2)15(18)6-5-9(3)12-11(7-15)10(4)13(16)14(12)17/h8-14,16-18H,5-7H2,1-4H3/t9-,10-,11+,12+,13-,14-,15-/m1/s1. The van der Waals surface area contributed by atoms with Gasteiger partial charge in [-0.05, 0) is 48.9 Å². The molecule has 18 heavy (non-hydrogen) atoms. The lowest BCUT2D eigenvalue weighted by Gasteiger charge is -2.35. The Hall–Kier alpha value is -0.120. The number of fused-ring (bicyclic) bond motifs is 1. The average Bonchev–Trinajstić information content (AvgIpc) is 2.46. The monoisotopic (exact) mass is 256 g/mol. The summed E-state index contributed by atoms with van der Waals surface area (Å²) in [5.41, 5.74) is -0.633. The smallest absolute Gasteiger partial charge is 0.0835 e. The fourth-order valence-corrected chi connectivity index (χ4v) is 4.18. The fourth-order valence-electron chi connectivity index (χ4n) is 4.18. The summed E-state index contributed by atoms with van der Waals surface area (Å²) >= 11 is 0. The normalized spacial score (nSPS) is 53.3. The van der Waals surface area contributed by atoms with Crippen molar-refractivity contribution in [3.63, 3.8) is 0 Å². The van der Waals surface area contributed by atoms with Crippen LogP contribution in [0.1, 0.15) is 47.0 Å². The molecule has 0 aliphatic heterocycles. The van der Waals surface area contributed by atoms with E-state index in [1.54, 1.807) is 0 Å². The minimum absolute atomic E-state index is 0.0795. The molecule has 0 spiro atoms. The molecule has 3 N–H and O–H groups in total. The highest BCUT2D eigenvalue weighted by molar-refractivity contribution is 5.03. The molecule has 2 fully saturated rings. The maximum absolute atomic E-state index is 10.8. The zero-order valence-electron chi connectivity index (χ0n) is 12.0. The second-order valence-electron chi connectivity index (χ2n) is 7.06. The van der Waals surface area contributed by atoms with Gasteiger partial charge in [0, 0.05) is 0 Å². The Morgan fingerprint density at radius 3 is 2.28 bits per heavy atom. The molecule has 7 atom stereocenters. The third-order valence-electron chi connectivity index (χ3n) is 5.81. The van der Waals surface area contributed by atoms with Gasteiger partial charge in [0.25, 0.3) is 0 Å². The number of hydrogen-bond acceptors (Lipinski definition) is 3. The van der Waals surface area contributed by atoms with Crippen molar-refractivity contribution in [1.82, 2.24) is 0 Å². The molecular formula is C15H28O3. The van der Waals surface area contributed by atoms with Gasteiger partial charge in [0.05, 0.1) is 17.8 Å². The maximum atomic E-state index is 10.8. The first-order chi connectivity index (χ1) is 8.28. The lowest BCUT2D eigenvalue weighted by atomic mass is 9.76. The molecular weight excluding hydrogens is 228 g/mol. The highest BCUT2D eigenvalue weighted by Gasteiger charge is 2.53. The van der Waals surface area contributed by atoms with Crippen LogP contribution in [0.3, 0.4) is 0 Å². The molecule has 0 amide bonds. The Kier molecular flexibility index (Phi) is 3.79. The van der Waals surface area contributed by atoms with Crippen LogP contribution >= 0.6 is 0 Å². The van der Waals surface area contributed by atoms with Gasteiger partial charge in [0.1, 0.15) is 0 Å². The largest absolute Gasteiger partial charge is 0.390 e. The summed E-state index contributed by atoms with van der Waals surface area (Å²) in [6.45, 7) is 8.30. The number of hydrogen-bond donors (Lipinski definition) is 3. The van der Waals surface area contributed by atoms with Gasteiger partial charge in [-0.2, -0.15) is 0 Å². The van der Waals surface area contributed by atoms with E-state index < -0.39 is 17.8 Å². The molecule has 2 aliphatic carbocycles. The van der Waals surface area contributed by atoms with Gasteiger partial charge in [-0.15, -0.1) is 0 Å². The summed E-state index contributed by atoms with van der Waals surface area (Å²) in [5, 5.41) is 31.1. The van der Waals surface area contributed by atoms with E-state index in [0.717, 1.165) is 19.3 Å².